The SMILES string of the molecule is NCCCCCCC(N)(CO)CCNCC(=O)OCc1ccccc1. The minimum absolute atomic E-state index is 0.0516. The van der Waals surface area contributed by atoms with Gasteiger partial charge in [-0.15, -0.1) is 0 Å². The normalized spacial score (nSPS) is 13.4. The van der Waals surface area contributed by atoms with Crippen LogP contribution >= 0.6 is 0 Å². The van der Waals surface area contributed by atoms with Gasteiger partial charge in [0.05, 0.1) is 13.2 Å². The predicted molar refractivity (Wildman–Crippen MR) is 99.9 cm³/mol. The van der Waals surface area contributed by atoms with Gasteiger partial charge in [0.25, 0.3) is 0 Å². The van der Waals surface area contributed by atoms with E-state index < -0.39 is 5.54 Å². The second-order valence-electron chi connectivity index (χ2n) is 6.55. The number of aliphatic hydroxyl groups is 1. The number of esters is 1. The molecule has 25 heavy (non-hydrogen) atoms. The van der Waals surface area contributed by atoms with E-state index in [1.165, 1.54) is 0 Å². The number of unbranched alkanes of at least 4 members (excludes halogenated alkanes) is 3. The van der Waals surface area contributed by atoms with Gasteiger partial charge in [0.15, 0.2) is 0 Å². The van der Waals surface area contributed by atoms with Crippen LogP contribution in [0.2, 0.25) is 0 Å². The van der Waals surface area contributed by atoms with Gasteiger partial charge < -0.3 is 26.6 Å². The zero-order valence-corrected chi connectivity index (χ0v) is 15.1. The molecule has 1 rings (SSSR count). The van der Waals surface area contributed by atoms with Crippen molar-refractivity contribution in [3.8, 4) is 0 Å². The van der Waals surface area contributed by atoms with Crippen LogP contribution in [0.5, 0.6) is 0 Å². The van der Waals surface area contributed by atoms with E-state index in [-0.39, 0.29) is 25.7 Å². The Hall–Kier alpha value is -1.47. The van der Waals surface area contributed by atoms with Crippen molar-refractivity contribution in [3.05, 3.63) is 35.9 Å². The molecule has 0 aliphatic carbocycles. The molecule has 0 heterocycles. The molecule has 6 heteroatoms. The molecule has 1 unspecified atom stereocenters. The number of hydrogen-bond donors (Lipinski definition) is 4. The number of ether oxygens (including phenoxy) is 1. The Morgan fingerprint density at radius 3 is 2.52 bits per heavy atom. The largest absolute Gasteiger partial charge is 0.460 e. The van der Waals surface area contributed by atoms with Gasteiger partial charge in [-0.2, -0.15) is 0 Å². The maximum Gasteiger partial charge on any atom is 0.320 e. The predicted octanol–water partition coefficient (Wildman–Crippen LogP) is 1.31. The smallest absolute Gasteiger partial charge is 0.320 e. The first-order chi connectivity index (χ1) is 12.1. The number of nitrogens with two attached hydrogens (primary N) is 2. The highest BCUT2D eigenvalue weighted by Gasteiger charge is 2.22. The topological polar surface area (TPSA) is 111 Å². The molecule has 0 spiro atoms. The third-order valence-corrected chi connectivity index (χ3v) is 4.26. The zero-order chi connectivity index (χ0) is 18.4. The fraction of sp³-hybridized carbons (Fsp3) is 0.632. The minimum atomic E-state index is -0.594. The number of nitrogens with one attached hydrogen (secondary N) is 1. The van der Waals surface area contributed by atoms with E-state index >= 15 is 0 Å². The molecule has 0 radical (unpaired) electrons. The minimum Gasteiger partial charge on any atom is -0.460 e. The van der Waals surface area contributed by atoms with Crippen LogP contribution in [-0.2, 0) is 16.1 Å². The maximum atomic E-state index is 11.7. The summed E-state index contributed by atoms with van der Waals surface area (Å²) in [7, 11) is 0. The third kappa shape index (κ3) is 10.2. The van der Waals surface area contributed by atoms with Gasteiger partial charge in [-0.25, -0.2) is 0 Å². The second kappa shape index (κ2) is 12.8. The molecule has 142 valence electrons. The van der Waals surface area contributed by atoms with Crippen molar-refractivity contribution < 1.29 is 14.6 Å². The van der Waals surface area contributed by atoms with Crippen molar-refractivity contribution in [2.24, 2.45) is 11.5 Å². The first-order valence-electron chi connectivity index (χ1n) is 9.10. The third-order valence-electron chi connectivity index (χ3n) is 4.26. The number of carbonyl (C=O) groups is 1. The molecule has 0 saturated heterocycles. The summed E-state index contributed by atoms with van der Waals surface area (Å²) in [5.41, 5.74) is 12.1. The van der Waals surface area contributed by atoms with Crippen molar-refractivity contribution in [2.75, 3.05) is 26.2 Å². The van der Waals surface area contributed by atoms with Gasteiger partial charge in [0.2, 0.25) is 0 Å². The highest BCUT2D eigenvalue weighted by molar-refractivity contribution is 5.71. The van der Waals surface area contributed by atoms with E-state index in [1.807, 2.05) is 30.3 Å². The Kier molecular flexibility index (Phi) is 11.1. The van der Waals surface area contributed by atoms with E-state index in [2.05, 4.69) is 5.32 Å². The van der Waals surface area contributed by atoms with Gasteiger partial charge in [-0.3, -0.25) is 4.79 Å². The Morgan fingerprint density at radius 2 is 1.84 bits per heavy atom. The second-order valence-corrected chi connectivity index (χ2v) is 6.55. The summed E-state index contributed by atoms with van der Waals surface area (Å²) in [5.74, 6) is -0.294. The Balaban J connectivity index is 2.13. The van der Waals surface area contributed by atoms with Crippen molar-refractivity contribution in [2.45, 2.75) is 50.7 Å². The molecule has 6 N–H and O–H groups in total. The van der Waals surface area contributed by atoms with E-state index in [1.54, 1.807) is 0 Å². The molecule has 1 aromatic carbocycles. The lowest BCUT2D eigenvalue weighted by Crippen LogP contribution is -2.46. The van der Waals surface area contributed by atoms with Crippen molar-refractivity contribution in [1.29, 1.82) is 0 Å². The Morgan fingerprint density at radius 1 is 1.12 bits per heavy atom. The lowest BCUT2D eigenvalue weighted by Gasteiger charge is -2.27. The molecular weight excluding hydrogens is 318 g/mol. The van der Waals surface area contributed by atoms with Gasteiger partial charge in [0.1, 0.15) is 6.61 Å². The number of hydrogen-bond acceptors (Lipinski definition) is 6. The average Bonchev–Trinajstić information content (AvgIpc) is 2.64. The fourth-order valence-corrected chi connectivity index (χ4v) is 2.57. The van der Waals surface area contributed by atoms with Crippen LogP contribution in [-0.4, -0.2) is 42.9 Å². The molecule has 0 aliphatic heterocycles. The molecule has 6 nitrogen and oxygen atoms in total. The lowest BCUT2D eigenvalue weighted by molar-refractivity contribution is -0.143. The highest BCUT2D eigenvalue weighted by atomic mass is 16.5. The van der Waals surface area contributed by atoms with Gasteiger partial charge in [-0.05, 0) is 37.9 Å². The molecule has 0 aliphatic rings. The standard InChI is InChI=1S/C19H33N3O3/c20-12-7-2-1-6-10-19(21,16-23)11-13-22-14-18(24)25-15-17-8-4-3-5-9-17/h3-5,8-9,22-23H,1-2,6-7,10-16,20-21H2. The van der Waals surface area contributed by atoms with Crippen LogP contribution in [0, 0.1) is 0 Å². The van der Waals surface area contributed by atoms with Crippen LogP contribution < -0.4 is 16.8 Å². The fourth-order valence-electron chi connectivity index (χ4n) is 2.57. The summed E-state index contributed by atoms with van der Waals surface area (Å²) in [5, 5.41) is 12.6. The van der Waals surface area contributed by atoms with Crippen LogP contribution in [0.25, 0.3) is 0 Å². The van der Waals surface area contributed by atoms with E-state index in [0.717, 1.165) is 44.2 Å². The summed E-state index contributed by atoms with van der Waals surface area (Å²) in [4.78, 5) is 11.7. The van der Waals surface area contributed by atoms with Crippen molar-refractivity contribution in [3.63, 3.8) is 0 Å². The van der Waals surface area contributed by atoms with Gasteiger partial charge in [-0.1, -0.05) is 49.6 Å². The lowest BCUT2D eigenvalue weighted by atomic mass is 9.90. The summed E-state index contributed by atoms with van der Waals surface area (Å²) >= 11 is 0. The number of benzene rings is 1. The molecule has 0 aromatic heterocycles. The van der Waals surface area contributed by atoms with Crippen molar-refractivity contribution in [1.82, 2.24) is 5.32 Å². The Bertz CT molecular complexity index is 470. The molecular formula is C19H33N3O3. The molecule has 0 amide bonds. The summed E-state index contributed by atoms with van der Waals surface area (Å²) in [6.07, 6.45) is 5.58. The summed E-state index contributed by atoms with van der Waals surface area (Å²) in [6, 6.07) is 9.57. The van der Waals surface area contributed by atoms with Crippen LogP contribution in [0.4, 0.5) is 0 Å². The van der Waals surface area contributed by atoms with E-state index in [0.29, 0.717) is 13.0 Å². The van der Waals surface area contributed by atoms with Gasteiger partial charge >= 0.3 is 5.97 Å². The summed E-state index contributed by atoms with van der Waals surface area (Å²) in [6.45, 7) is 1.66. The molecule has 1 atom stereocenters. The van der Waals surface area contributed by atoms with E-state index in [9.17, 15) is 9.90 Å². The number of aliphatic hydroxyl groups excluding tert-OH is 1. The van der Waals surface area contributed by atoms with Crippen molar-refractivity contribution >= 4 is 5.97 Å². The van der Waals surface area contributed by atoms with Crippen LogP contribution in [0.3, 0.4) is 0 Å². The molecule has 0 bridgehead atoms. The summed E-state index contributed by atoms with van der Waals surface area (Å²) < 4.78 is 5.20. The number of carbonyl (C=O) groups excluding carboxylic acids is 1. The molecule has 0 fully saturated rings. The van der Waals surface area contributed by atoms with Crippen LogP contribution in [0.1, 0.15) is 44.1 Å². The highest BCUT2D eigenvalue weighted by Crippen LogP contribution is 2.16. The van der Waals surface area contributed by atoms with Crippen LogP contribution in [0.15, 0.2) is 30.3 Å². The number of rotatable bonds is 14. The maximum absolute atomic E-state index is 11.7. The Labute approximate surface area is 150 Å². The molecule has 1 aromatic rings. The first kappa shape index (κ1) is 21.6. The van der Waals surface area contributed by atoms with E-state index in [4.69, 9.17) is 16.2 Å². The monoisotopic (exact) mass is 351 g/mol. The quantitative estimate of drug-likeness (QED) is 0.297. The zero-order valence-electron chi connectivity index (χ0n) is 15.1. The first-order valence-corrected chi connectivity index (χ1v) is 9.10. The molecule has 0 saturated carbocycles. The van der Waals surface area contributed by atoms with Gasteiger partial charge in [0, 0.05) is 5.54 Å². The average molecular weight is 351 g/mol.